The molecule has 3 N–H and O–H groups in total. The first-order chi connectivity index (χ1) is 11.0. The predicted octanol–water partition coefficient (Wildman–Crippen LogP) is 3.55. The minimum Gasteiger partial charge on any atom is -0.350 e. The van der Waals surface area contributed by atoms with E-state index in [-0.39, 0.29) is 0 Å². The number of carbonyl (C=O) groups excluding carboxylic acids is 1. The molecule has 4 aliphatic carbocycles. The summed E-state index contributed by atoms with van der Waals surface area (Å²) in [4.78, 5) is 10.8. The number of hydrazone groups is 1. The lowest BCUT2D eigenvalue weighted by Crippen LogP contribution is -2.48. The predicted molar refractivity (Wildman–Crippen MR) is 91.2 cm³/mol. The van der Waals surface area contributed by atoms with Crippen molar-refractivity contribution in [3.63, 3.8) is 0 Å². The Morgan fingerprint density at radius 3 is 2.09 bits per heavy atom. The van der Waals surface area contributed by atoms with Gasteiger partial charge in [0.05, 0.1) is 5.71 Å². The van der Waals surface area contributed by atoms with E-state index in [9.17, 15) is 4.79 Å². The van der Waals surface area contributed by atoms with Crippen LogP contribution in [-0.2, 0) is 5.41 Å². The summed E-state index contributed by atoms with van der Waals surface area (Å²) in [6, 6.07) is 8.21. The molecule has 23 heavy (non-hydrogen) atoms. The highest BCUT2D eigenvalue weighted by Gasteiger charge is 2.51. The molecule has 0 aliphatic heterocycles. The Labute approximate surface area is 137 Å². The smallest absolute Gasteiger partial charge is 0.332 e. The molecule has 4 heteroatoms. The Hall–Kier alpha value is -1.84. The maximum Gasteiger partial charge on any atom is 0.332 e. The Balaban J connectivity index is 1.57. The zero-order valence-corrected chi connectivity index (χ0v) is 13.7. The number of nitrogens with one attached hydrogen (secondary N) is 1. The molecule has 1 aromatic rings. The molecular weight excluding hydrogens is 286 g/mol. The van der Waals surface area contributed by atoms with Crippen LogP contribution in [0.5, 0.6) is 0 Å². The molecule has 4 aliphatic rings. The van der Waals surface area contributed by atoms with E-state index in [2.05, 4.69) is 34.8 Å². The van der Waals surface area contributed by atoms with E-state index in [1.54, 1.807) is 0 Å². The lowest BCUT2D eigenvalue weighted by atomic mass is 9.48. The van der Waals surface area contributed by atoms with Crippen LogP contribution in [0.3, 0.4) is 0 Å². The SMILES string of the molecule is C/C(=N/NC(N)=O)c1ccc(C23CC4CC(CC(C4)C2)C3)cc1. The molecule has 122 valence electrons. The Morgan fingerprint density at radius 1 is 1.09 bits per heavy atom. The minimum absolute atomic E-state index is 0.434. The topological polar surface area (TPSA) is 67.5 Å². The molecule has 0 atom stereocenters. The van der Waals surface area contributed by atoms with E-state index >= 15 is 0 Å². The Bertz CT molecular complexity index is 612. The van der Waals surface area contributed by atoms with Gasteiger partial charge in [-0.15, -0.1) is 0 Å². The second-order valence-corrected chi connectivity index (χ2v) is 7.95. The first-order valence-electron chi connectivity index (χ1n) is 8.75. The Kier molecular flexibility index (Phi) is 3.43. The number of nitrogens with two attached hydrogens (primary N) is 1. The monoisotopic (exact) mass is 311 g/mol. The maximum atomic E-state index is 10.8. The number of benzene rings is 1. The molecule has 0 spiro atoms. The fraction of sp³-hybridized carbons (Fsp3) is 0.579. The van der Waals surface area contributed by atoms with Crippen molar-refractivity contribution >= 4 is 11.7 Å². The van der Waals surface area contributed by atoms with Crippen LogP contribution in [0.25, 0.3) is 0 Å². The van der Waals surface area contributed by atoms with Crippen LogP contribution in [0.15, 0.2) is 29.4 Å². The summed E-state index contributed by atoms with van der Waals surface area (Å²) < 4.78 is 0. The van der Waals surface area contributed by atoms with Crippen LogP contribution in [0.2, 0.25) is 0 Å². The minimum atomic E-state index is -0.630. The molecule has 4 saturated carbocycles. The lowest BCUT2D eigenvalue weighted by Gasteiger charge is -2.57. The highest BCUT2D eigenvalue weighted by atomic mass is 16.2. The molecule has 0 aromatic heterocycles. The molecule has 0 unspecified atom stereocenters. The Morgan fingerprint density at radius 2 is 1.61 bits per heavy atom. The van der Waals surface area contributed by atoms with Gasteiger partial charge in [-0.2, -0.15) is 5.10 Å². The molecular formula is C19H25N3O. The van der Waals surface area contributed by atoms with Gasteiger partial charge in [0.25, 0.3) is 0 Å². The van der Waals surface area contributed by atoms with Crippen molar-refractivity contribution in [2.75, 3.05) is 0 Å². The molecule has 1 aromatic carbocycles. The number of amides is 2. The van der Waals surface area contributed by atoms with Gasteiger partial charge < -0.3 is 5.73 Å². The van der Waals surface area contributed by atoms with Crippen LogP contribution in [0.1, 0.15) is 56.6 Å². The summed E-state index contributed by atoms with van der Waals surface area (Å²) in [6.07, 6.45) is 8.57. The number of carbonyl (C=O) groups is 1. The van der Waals surface area contributed by atoms with Crippen molar-refractivity contribution in [3.8, 4) is 0 Å². The number of rotatable bonds is 3. The standard InChI is InChI=1S/C19H25N3O/c1-12(21-22-18(20)23)16-2-4-17(5-3-16)19-9-13-6-14(10-19)8-15(7-13)11-19/h2-5,13-15H,6-11H2,1H3,(H3,20,22,23)/b21-12-. The van der Waals surface area contributed by atoms with Crippen molar-refractivity contribution in [1.82, 2.24) is 5.43 Å². The summed E-state index contributed by atoms with van der Waals surface area (Å²) >= 11 is 0. The third kappa shape index (κ3) is 2.64. The van der Waals surface area contributed by atoms with Gasteiger partial charge in [0.2, 0.25) is 0 Å². The first-order valence-corrected chi connectivity index (χ1v) is 8.75. The zero-order valence-electron chi connectivity index (χ0n) is 13.7. The summed E-state index contributed by atoms with van der Waals surface area (Å²) in [7, 11) is 0. The van der Waals surface area contributed by atoms with E-state index in [0.717, 1.165) is 29.0 Å². The third-order valence-corrected chi connectivity index (χ3v) is 6.29. The molecule has 4 bridgehead atoms. The third-order valence-electron chi connectivity index (χ3n) is 6.29. The van der Waals surface area contributed by atoms with Crippen molar-refractivity contribution in [1.29, 1.82) is 0 Å². The molecule has 4 fully saturated rings. The number of hydrogen-bond donors (Lipinski definition) is 2. The number of primary amides is 1. The van der Waals surface area contributed by atoms with Crippen molar-refractivity contribution in [2.45, 2.75) is 50.9 Å². The maximum absolute atomic E-state index is 10.8. The van der Waals surface area contributed by atoms with Gasteiger partial charge in [0.1, 0.15) is 0 Å². The van der Waals surface area contributed by atoms with E-state index in [4.69, 9.17) is 5.73 Å². The van der Waals surface area contributed by atoms with E-state index in [1.807, 2.05) is 6.92 Å². The summed E-state index contributed by atoms with van der Waals surface area (Å²) in [6.45, 7) is 1.88. The molecule has 5 rings (SSSR count). The fourth-order valence-corrected chi connectivity index (χ4v) is 5.73. The number of urea groups is 1. The van der Waals surface area contributed by atoms with Gasteiger partial charge in [0.15, 0.2) is 0 Å². The highest BCUT2D eigenvalue weighted by molar-refractivity contribution is 5.99. The summed E-state index contributed by atoms with van der Waals surface area (Å²) in [5, 5.41) is 4.01. The average Bonchev–Trinajstić information content (AvgIpc) is 2.51. The van der Waals surface area contributed by atoms with Crippen LogP contribution in [-0.4, -0.2) is 11.7 Å². The van der Waals surface area contributed by atoms with Crippen molar-refractivity contribution in [2.24, 2.45) is 28.6 Å². The van der Waals surface area contributed by atoms with E-state index < -0.39 is 6.03 Å². The van der Waals surface area contributed by atoms with Crippen LogP contribution >= 0.6 is 0 Å². The second kappa shape index (κ2) is 5.36. The molecule has 0 heterocycles. The lowest BCUT2D eigenvalue weighted by molar-refractivity contribution is -0.00518. The van der Waals surface area contributed by atoms with Crippen LogP contribution < -0.4 is 11.2 Å². The van der Waals surface area contributed by atoms with E-state index in [0.29, 0.717) is 5.41 Å². The van der Waals surface area contributed by atoms with Crippen LogP contribution in [0.4, 0.5) is 4.79 Å². The largest absolute Gasteiger partial charge is 0.350 e. The summed E-state index contributed by atoms with van der Waals surface area (Å²) in [5.74, 6) is 2.89. The normalized spacial score (nSPS) is 35.3. The van der Waals surface area contributed by atoms with Gasteiger partial charge in [-0.1, -0.05) is 24.3 Å². The van der Waals surface area contributed by atoms with Crippen molar-refractivity contribution in [3.05, 3.63) is 35.4 Å². The highest BCUT2D eigenvalue weighted by Crippen LogP contribution is 2.60. The first kappa shape index (κ1) is 14.7. The summed E-state index contributed by atoms with van der Waals surface area (Å²) in [5.41, 5.74) is 11.1. The van der Waals surface area contributed by atoms with Gasteiger partial charge >= 0.3 is 6.03 Å². The molecule has 4 nitrogen and oxygen atoms in total. The van der Waals surface area contributed by atoms with Crippen LogP contribution in [0, 0.1) is 17.8 Å². The van der Waals surface area contributed by atoms with Gasteiger partial charge in [0, 0.05) is 0 Å². The van der Waals surface area contributed by atoms with Gasteiger partial charge in [-0.3, -0.25) is 0 Å². The molecule has 2 amide bonds. The molecule has 0 radical (unpaired) electrons. The quantitative estimate of drug-likeness (QED) is 0.650. The number of hydrogen-bond acceptors (Lipinski definition) is 2. The van der Waals surface area contributed by atoms with E-state index in [1.165, 1.54) is 44.1 Å². The second-order valence-electron chi connectivity index (χ2n) is 7.95. The molecule has 0 saturated heterocycles. The van der Waals surface area contributed by atoms with Crippen molar-refractivity contribution < 1.29 is 4.79 Å². The number of nitrogens with zero attached hydrogens (tertiary/aromatic N) is 1. The van der Waals surface area contributed by atoms with Gasteiger partial charge in [-0.25, -0.2) is 10.2 Å². The average molecular weight is 311 g/mol. The zero-order chi connectivity index (χ0) is 16.0. The fourth-order valence-electron chi connectivity index (χ4n) is 5.73. The van der Waals surface area contributed by atoms with Gasteiger partial charge in [-0.05, 0) is 79.7 Å².